The number of amides is 1. The molecule has 1 atom stereocenters. The summed E-state index contributed by atoms with van der Waals surface area (Å²) in [4.78, 5) is 25.2. The monoisotopic (exact) mass is 502 g/mol. The van der Waals surface area contributed by atoms with Crippen LogP contribution in [0.25, 0.3) is 33.6 Å². The van der Waals surface area contributed by atoms with Crippen LogP contribution in [0.4, 0.5) is 0 Å². The first kappa shape index (κ1) is 23.9. The number of carbonyl (C=O) groups excluding carboxylic acids is 1. The fourth-order valence-corrected chi connectivity index (χ4v) is 5.40. The number of rotatable bonds is 8. The predicted molar refractivity (Wildman–Crippen MR) is 143 cm³/mol. The third kappa shape index (κ3) is 4.46. The van der Waals surface area contributed by atoms with Gasteiger partial charge in [0.1, 0.15) is 16.9 Å². The lowest BCUT2D eigenvalue weighted by Crippen LogP contribution is -2.46. The van der Waals surface area contributed by atoms with Crippen LogP contribution in [0.2, 0.25) is 0 Å². The molecule has 194 valence electrons. The summed E-state index contributed by atoms with van der Waals surface area (Å²) < 4.78 is 16.0. The Morgan fingerprint density at radius 1 is 1.27 bits per heavy atom. The molecule has 3 aromatic heterocycles. The van der Waals surface area contributed by atoms with Crippen molar-refractivity contribution in [2.75, 3.05) is 40.4 Å². The van der Waals surface area contributed by atoms with Crippen molar-refractivity contribution in [3.05, 3.63) is 42.1 Å². The van der Waals surface area contributed by atoms with E-state index >= 15 is 0 Å². The zero-order valence-corrected chi connectivity index (χ0v) is 21.7. The normalized spacial score (nSPS) is 18.1. The van der Waals surface area contributed by atoms with Crippen molar-refractivity contribution < 1.29 is 14.3 Å². The first-order valence-corrected chi connectivity index (χ1v) is 13.1. The van der Waals surface area contributed by atoms with Crippen LogP contribution in [0.3, 0.4) is 0 Å². The Morgan fingerprint density at radius 2 is 2.14 bits per heavy atom. The van der Waals surface area contributed by atoms with Crippen LogP contribution in [0.15, 0.2) is 36.5 Å². The minimum atomic E-state index is -0.0165. The summed E-state index contributed by atoms with van der Waals surface area (Å²) in [6.45, 7) is 3.51. The van der Waals surface area contributed by atoms with Gasteiger partial charge in [-0.25, -0.2) is 9.97 Å². The van der Waals surface area contributed by atoms with E-state index in [2.05, 4.69) is 31.6 Å². The molecule has 9 heteroatoms. The topological polar surface area (TPSA) is 86.4 Å². The van der Waals surface area contributed by atoms with Gasteiger partial charge in [0, 0.05) is 43.8 Å². The second-order valence-electron chi connectivity index (χ2n) is 10.2. The summed E-state index contributed by atoms with van der Waals surface area (Å²) in [5.41, 5.74) is 4.23. The summed E-state index contributed by atoms with van der Waals surface area (Å²) >= 11 is 0. The summed E-state index contributed by atoms with van der Waals surface area (Å²) in [7, 11) is 5.58. The molecule has 0 unspecified atom stereocenters. The van der Waals surface area contributed by atoms with Crippen LogP contribution in [0.1, 0.15) is 29.6 Å². The minimum absolute atomic E-state index is 0.0165. The van der Waals surface area contributed by atoms with E-state index in [1.807, 2.05) is 43.4 Å². The van der Waals surface area contributed by atoms with E-state index < -0.39 is 0 Å². The number of hydrogen-bond acceptors (Lipinski definition) is 6. The molecule has 1 aliphatic carbocycles. The quantitative estimate of drug-likeness (QED) is 0.397. The van der Waals surface area contributed by atoms with Crippen molar-refractivity contribution in [3.8, 4) is 17.3 Å². The molecule has 4 heterocycles. The SMILES string of the molecule is CNCC[C@@H]1CN(C(=O)c2cc(OC)c3c(c2)nc(-c2cc4cccnc4n2CC2CC2)n3C)CCO1. The van der Waals surface area contributed by atoms with Gasteiger partial charge in [-0.2, -0.15) is 0 Å². The Labute approximate surface area is 216 Å². The Bertz CT molecular complexity index is 1450. The van der Waals surface area contributed by atoms with Crippen molar-refractivity contribution in [2.45, 2.75) is 31.9 Å². The molecule has 0 bridgehead atoms. The molecule has 0 radical (unpaired) electrons. The van der Waals surface area contributed by atoms with Crippen LogP contribution in [-0.2, 0) is 18.3 Å². The number of nitrogens with zero attached hydrogens (tertiary/aromatic N) is 5. The summed E-state index contributed by atoms with van der Waals surface area (Å²) in [5, 5.41) is 4.26. The molecule has 9 nitrogen and oxygen atoms in total. The van der Waals surface area contributed by atoms with Gasteiger partial charge in [-0.15, -0.1) is 0 Å². The van der Waals surface area contributed by atoms with E-state index in [-0.39, 0.29) is 12.0 Å². The highest BCUT2D eigenvalue weighted by molar-refractivity contribution is 6.00. The number of benzene rings is 1. The maximum atomic E-state index is 13.5. The number of hydrogen-bond donors (Lipinski definition) is 1. The van der Waals surface area contributed by atoms with Gasteiger partial charge in [0.25, 0.3) is 5.91 Å². The lowest BCUT2D eigenvalue weighted by Gasteiger charge is -2.33. The molecule has 1 amide bonds. The molecule has 1 saturated heterocycles. The van der Waals surface area contributed by atoms with E-state index in [4.69, 9.17) is 14.5 Å². The van der Waals surface area contributed by atoms with Gasteiger partial charge in [-0.1, -0.05) is 0 Å². The first-order valence-electron chi connectivity index (χ1n) is 13.1. The number of methoxy groups -OCH3 is 1. The van der Waals surface area contributed by atoms with E-state index in [0.29, 0.717) is 36.9 Å². The van der Waals surface area contributed by atoms with Gasteiger partial charge >= 0.3 is 0 Å². The molecule has 1 N–H and O–H groups in total. The molecule has 0 spiro atoms. The van der Waals surface area contributed by atoms with E-state index in [1.54, 1.807) is 7.11 Å². The van der Waals surface area contributed by atoms with Crippen molar-refractivity contribution >= 4 is 28.0 Å². The maximum Gasteiger partial charge on any atom is 0.254 e. The zero-order chi connectivity index (χ0) is 25.5. The summed E-state index contributed by atoms with van der Waals surface area (Å²) in [5.74, 6) is 2.16. The summed E-state index contributed by atoms with van der Waals surface area (Å²) in [6.07, 6.45) is 5.27. The third-order valence-corrected chi connectivity index (χ3v) is 7.57. The number of ether oxygens (including phenoxy) is 2. The van der Waals surface area contributed by atoms with Crippen LogP contribution in [0, 0.1) is 5.92 Å². The van der Waals surface area contributed by atoms with Gasteiger partial charge < -0.3 is 28.8 Å². The van der Waals surface area contributed by atoms with Crippen molar-refractivity contribution in [2.24, 2.45) is 13.0 Å². The lowest BCUT2D eigenvalue weighted by atomic mass is 10.1. The van der Waals surface area contributed by atoms with E-state index in [0.717, 1.165) is 53.1 Å². The van der Waals surface area contributed by atoms with Gasteiger partial charge in [-0.05, 0) is 69.1 Å². The highest BCUT2D eigenvalue weighted by atomic mass is 16.5. The number of imidazole rings is 1. The van der Waals surface area contributed by atoms with E-state index in [9.17, 15) is 4.79 Å². The number of fused-ring (bicyclic) bond motifs is 2. The van der Waals surface area contributed by atoms with Gasteiger partial charge in [0.2, 0.25) is 0 Å². The molecular weight excluding hydrogens is 468 g/mol. The molecule has 1 aromatic carbocycles. The number of pyridine rings is 1. The fraction of sp³-hybridized carbons (Fsp3) is 0.464. The molecule has 2 fully saturated rings. The highest BCUT2D eigenvalue weighted by Crippen LogP contribution is 2.37. The zero-order valence-electron chi connectivity index (χ0n) is 21.7. The molecule has 1 aliphatic heterocycles. The molecule has 2 aliphatic rings. The first-order chi connectivity index (χ1) is 18.1. The van der Waals surface area contributed by atoms with Crippen LogP contribution >= 0.6 is 0 Å². The Kier molecular flexibility index (Phi) is 6.34. The lowest BCUT2D eigenvalue weighted by molar-refractivity contribution is -0.0243. The molecule has 6 rings (SSSR count). The number of aromatic nitrogens is 4. The van der Waals surface area contributed by atoms with Crippen LogP contribution in [0.5, 0.6) is 5.75 Å². The third-order valence-electron chi connectivity index (χ3n) is 7.57. The number of morpholine rings is 1. The second-order valence-corrected chi connectivity index (χ2v) is 10.2. The Morgan fingerprint density at radius 3 is 2.92 bits per heavy atom. The Balaban J connectivity index is 1.39. The minimum Gasteiger partial charge on any atom is -0.494 e. The van der Waals surface area contributed by atoms with Crippen LogP contribution < -0.4 is 10.1 Å². The predicted octanol–water partition coefficient (Wildman–Crippen LogP) is 3.46. The molecule has 1 saturated carbocycles. The van der Waals surface area contributed by atoms with Crippen molar-refractivity contribution in [1.29, 1.82) is 0 Å². The number of nitrogens with one attached hydrogen (secondary N) is 1. The van der Waals surface area contributed by atoms with Gasteiger partial charge in [0.15, 0.2) is 5.82 Å². The van der Waals surface area contributed by atoms with Crippen LogP contribution in [-0.4, -0.2) is 76.4 Å². The standard InChI is InChI=1S/C28H34N6O3/c1-29-10-8-21-17-33(11-12-37-21)28(35)20-13-22-25(24(15-20)36-3)32(2)27(31-22)23-14-19-5-4-9-30-26(19)34(23)16-18-6-7-18/h4-5,9,13-15,18,21,29H,6-8,10-12,16-17H2,1-3H3/t21-/m1/s1. The van der Waals surface area contributed by atoms with Crippen molar-refractivity contribution in [1.82, 2.24) is 29.3 Å². The molecule has 37 heavy (non-hydrogen) atoms. The molecular formula is C28H34N6O3. The van der Waals surface area contributed by atoms with Gasteiger partial charge in [-0.3, -0.25) is 4.79 Å². The number of aryl methyl sites for hydroxylation is 1. The highest BCUT2D eigenvalue weighted by Gasteiger charge is 2.28. The molecule has 4 aromatic rings. The summed E-state index contributed by atoms with van der Waals surface area (Å²) in [6, 6.07) is 9.98. The van der Waals surface area contributed by atoms with Gasteiger partial charge in [0.05, 0.1) is 31.0 Å². The number of carbonyl (C=O) groups is 1. The largest absolute Gasteiger partial charge is 0.494 e. The smallest absolute Gasteiger partial charge is 0.254 e. The van der Waals surface area contributed by atoms with E-state index in [1.165, 1.54) is 12.8 Å². The average Bonchev–Trinajstić information content (AvgIpc) is 3.60. The average molecular weight is 503 g/mol. The van der Waals surface area contributed by atoms with Crippen molar-refractivity contribution in [3.63, 3.8) is 0 Å². The Hall–Kier alpha value is -3.43. The second kappa shape index (κ2) is 9.79. The maximum absolute atomic E-state index is 13.5. The fourth-order valence-electron chi connectivity index (χ4n) is 5.40.